The fourth-order valence-electron chi connectivity index (χ4n) is 2.34. The Balaban J connectivity index is 1.56. The average molecular weight is 337 g/mol. The van der Waals surface area contributed by atoms with E-state index in [0.29, 0.717) is 23.9 Å². The van der Waals surface area contributed by atoms with Crippen LogP contribution in [0.3, 0.4) is 0 Å². The van der Waals surface area contributed by atoms with E-state index in [0.717, 1.165) is 16.9 Å². The van der Waals surface area contributed by atoms with Crippen LogP contribution in [-0.4, -0.2) is 23.0 Å². The first-order valence-corrected chi connectivity index (χ1v) is 7.95. The zero-order chi connectivity index (χ0) is 17.6. The minimum Gasteiger partial charge on any atom is -0.497 e. The number of hydrogen-bond donors (Lipinski definition) is 1. The lowest BCUT2D eigenvalue weighted by Gasteiger charge is -2.04. The van der Waals surface area contributed by atoms with E-state index in [1.165, 1.54) is 0 Å². The van der Waals surface area contributed by atoms with E-state index >= 15 is 0 Å². The summed E-state index contributed by atoms with van der Waals surface area (Å²) in [5.74, 6) is 2.40. The molecule has 2 aromatic heterocycles. The van der Waals surface area contributed by atoms with Crippen LogP contribution >= 0.6 is 0 Å². The van der Waals surface area contributed by atoms with Crippen LogP contribution in [0.25, 0.3) is 11.3 Å². The average Bonchev–Trinajstić information content (AvgIpc) is 3.09. The smallest absolute Gasteiger partial charge is 0.226 e. The Morgan fingerprint density at radius 3 is 2.72 bits per heavy atom. The summed E-state index contributed by atoms with van der Waals surface area (Å²) in [7, 11) is 1.62. The number of oxazole rings is 1. The van der Waals surface area contributed by atoms with E-state index in [1.54, 1.807) is 19.5 Å². The molecule has 1 aromatic carbocycles. The molecule has 0 radical (unpaired) electrons. The summed E-state index contributed by atoms with van der Waals surface area (Å²) in [5, 5.41) is 2.77. The monoisotopic (exact) mass is 337 g/mol. The van der Waals surface area contributed by atoms with Crippen LogP contribution in [0, 0.1) is 6.92 Å². The standard InChI is InChI=1S/C19H19N3O3/c1-13-9-10-20-17(11-13)22-18(23)7-8-19-21-12-16(25-19)14-3-5-15(24-2)6-4-14/h3-6,9-12H,7-8H2,1-2H3,(H,20,22,23). The first-order valence-electron chi connectivity index (χ1n) is 7.95. The number of benzene rings is 1. The van der Waals surface area contributed by atoms with Crippen molar-refractivity contribution >= 4 is 11.7 Å². The van der Waals surface area contributed by atoms with Crippen LogP contribution < -0.4 is 10.1 Å². The second-order valence-electron chi connectivity index (χ2n) is 5.61. The summed E-state index contributed by atoms with van der Waals surface area (Å²) in [5.41, 5.74) is 1.95. The maximum absolute atomic E-state index is 12.0. The van der Waals surface area contributed by atoms with Gasteiger partial charge in [-0.15, -0.1) is 0 Å². The van der Waals surface area contributed by atoms with E-state index in [1.807, 2.05) is 43.3 Å². The van der Waals surface area contributed by atoms with Crippen molar-refractivity contribution in [3.8, 4) is 17.1 Å². The third-order valence-electron chi connectivity index (χ3n) is 3.68. The fourth-order valence-corrected chi connectivity index (χ4v) is 2.34. The molecule has 0 aliphatic carbocycles. The number of pyridine rings is 1. The summed E-state index contributed by atoms with van der Waals surface area (Å²) in [4.78, 5) is 20.4. The molecular formula is C19H19N3O3. The van der Waals surface area contributed by atoms with Crippen molar-refractivity contribution in [3.63, 3.8) is 0 Å². The van der Waals surface area contributed by atoms with E-state index in [2.05, 4.69) is 15.3 Å². The van der Waals surface area contributed by atoms with Gasteiger partial charge < -0.3 is 14.5 Å². The molecule has 3 rings (SSSR count). The van der Waals surface area contributed by atoms with Gasteiger partial charge in [-0.3, -0.25) is 4.79 Å². The molecule has 0 saturated carbocycles. The number of nitrogens with one attached hydrogen (secondary N) is 1. The highest BCUT2D eigenvalue weighted by atomic mass is 16.5. The maximum atomic E-state index is 12.0. The van der Waals surface area contributed by atoms with Crippen LogP contribution in [0.1, 0.15) is 17.9 Å². The number of rotatable bonds is 6. The highest BCUT2D eigenvalue weighted by molar-refractivity contribution is 5.89. The van der Waals surface area contributed by atoms with Gasteiger partial charge in [-0.25, -0.2) is 9.97 Å². The predicted octanol–water partition coefficient (Wildman–Crippen LogP) is 3.62. The lowest BCUT2D eigenvalue weighted by molar-refractivity contribution is -0.116. The van der Waals surface area contributed by atoms with Crippen molar-refractivity contribution in [2.75, 3.05) is 12.4 Å². The molecule has 2 heterocycles. The molecule has 0 saturated heterocycles. The van der Waals surface area contributed by atoms with E-state index < -0.39 is 0 Å². The van der Waals surface area contributed by atoms with Crippen molar-refractivity contribution in [2.45, 2.75) is 19.8 Å². The number of nitrogens with zero attached hydrogens (tertiary/aromatic N) is 2. The Labute approximate surface area is 145 Å². The van der Waals surface area contributed by atoms with Crippen LogP contribution in [0.4, 0.5) is 5.82 Å². The topological polar surface area (TPSA) is 77.2 Å². The molecule has 0 aliphatic rings. The van der Waals surface area contributed by atoms with Crippen LogP contribution in [0.15, 0.2) is 53.2 Å². The van der Waals surface area contributed by atoms with Gasteiger partial charge in [0.05, 0.1) is 13.3 Å². The quantitative estimate of drug-likeness (QED) is 0.743. The molecule has 0 unspecified atom stereocenters. The number of hydrogen-bond acceptors (Lipinski definition) is 5. The van der Waals surface area contributed by atoms with E-state index in [9.17, 15) is 4.79 Å². The molecule has 6 nitrogen and oxygen atoms in total. The van der Waals surface area contributed by atoms with Gasteiger partial charge in [0.2, 0.25) is 5.91 Å². The number of amides is 1. The predicted molar refractivity (Wildman–Crippen MR) is 94.4 cm³/mol. The van der Waals surface area contributed by atoms with Gasteiger partial charge in [0, 0.05) is 24.6 Å². The van der Waals surface area contributed by atoms with Crippen molar-refractivity contribution in [1.82, 2.24) is 9.97 Å². The molecule has 25 heavy (non-hydrogen) atoms. The summed E-state index contributed by atoms with van der Waals surface area (Å²) >= 11 is 0. The van der Waals surface area contributed by atoms with Gasteiger partial charge >= 0.3 is 0 Å². The Bertz CT molecular complexity index is 856. The molecule has 1 N–H and O–H groups in total. The molecule has 128 valence electrons. The van der Waals surface area contributed by atoms with Gasteiger partial charge in [-0.05, 0) is 48.9 Å². The number of aryl methyl sites for hydroxylation is 2. The molecule has 1 amide bonds. The van der Waals surface area contributed by atoms with Gasteiger partial charge in [-0.1, -0.05) is 0 Å². The van der Waals surface area contributed by atoms with Gasteiger partial charge in [0.1, 0.15) is 11.6 Å². The summed E-state index contributed by atoms with van der Waals surface area (Å²) < 4.78 is 10.9. The second kappa shape index (κ2) is 7.61. The number of carbonyl (C=O) groups is 1. The Kier molecular flexibility index (Phi) is 5.09. The second-order valence-corrected chi connectivity index (χ2v) is 5.61. The van der Waals surface area contributed by atoms with Crippen molar-refractivity contribution in [3.05, 3.63) is 60.2 Å². The third kappa shape index (κ3) is 4.44. The van der Waals surface area contributed by atoms with Crippen molar-refractivity contribution in [2.24, 2.45) is 0 Å². The van der Waals surface area contributed by atoms with Crippen molar-refractivity contribution < 1.29 is 13.9 Å². The fraction of sp³-hybridized carbons (Fsp3) is 0.211. The van der Waals surface area contributed by atoms with Crippen LogP contribution in [0.2, 0.25) is 0 Å². The summed E-state index contributed by atoms with van der Waals surface area (Å²) in [6.45, 7) is 1.95. The number of methoxy groups -OCH3 is 1. The molecule has 0 atom stereocenters. The normalized spacial score (nSPS) is 10.5. The van der Waals surface area contributed by atoms with Gasteiger partial charge in [0.25, 0.3) is 0 Å². The SMILES string of the molecule is COc1ccc(-c2cnc(CCC(=O)Nc3cc(C)ccn3)o2)cc1. The lowest BCUT2D eigenvalue weighted by atomic mass is 10.2. The molecule has 6 heteroatoms. The largest absolute Gasteiger partial charge is 0.497 e. The molecule has 0 spiro atoms. The molecule has 0 fully saturated rings. The zero-order valence-electron chi connectivity index (χ0n) is 14.2. The first kappa shape index (κ1) is 16.7. The van der Waals surface area contributed by atoms with Gasteiger partial charge in [0.15, 0.2) is 11.7 Å². The third-order valence-corrected chi connectivity index (χ3v) is 3.68. The number of ether oxygens (including phenoxy) is 1. The lowest BCUT2D eigenvalue weighted by Crippen LogP contribution is -2.13. The number of aromatic nitrogens is 2. The molecule has 0 aliphatic heterocycles. The first-order chi connectivity index (χ1) is 12.1. The Morgan fingerprint density at radius 2 is 2.00 bits per heavy atom. The maximum Gasteiger partial charge on any atom is 0.226 e. The summed E-state index contributed by atoms with van der Waals surface area (Å²) in [6.07, 6.45) is 4.03. The molecule has 0 bridgehead atoms. The van der Waals surface area contributed by atoms with Crippen LogP contribution in [0.5, 0.6) is 5.75 Å². The Morgan fingerprint density at radius 1 is 1.20 bits per heavy atom. The number of anilines is 1. The Hall–Kier alpha value is -3.15. The minimum absolute atomic E-state index is 0.123. The van der Waals surface area contributed by atoms with E-state index in [-0.39, 0.29) is 12.3 Å². The number of carbonyl (C=O) groups excluding carboxylic acids is 1. The zero-order valence-corrected chi connectivity index (χ0v) is 14.2. The van der Waals surface area contributed by atoms with Gasteiger partial charge in [-0.2, -0.15) is 0 Å². The summed E-state index contributed by atoms with van der Waals surface area (Å²) in [6, 6.07) is 11.2. The van der Waals surface area contributed by atoms with Crippen LogP contribution in [-0.2, 0) is 11.2 Å². The molecule has 3 aromatic rings. The molecular weight excluding hydrogens is 318 g/mol. The van der Waals surface area contributed by atoms with Crippen molar-refractivity contribution in [1.29, 1.82) is 0 Å². The van der Waals surface area contributed by atoms with E-state index in [4.69, 9.17) is 9.15 Å². The minimum atomic E-state index is -0.123. The highest BCUT2D eigenvalue weighted by Crippen LogP contribution is 2.23. The highest BCUT2D eigenvalue weighted by Gasteiger charge is 2.10.